The average Bonchev–Trinajstić information content (AvgIpc) is 3.53. The third-order valence-corrected chi connectivity index (χ3v) is 5.44. The summed E-state index contributed by atoms with van der Waals surface area (Å²) >= 11 is 1.33. The van der Waals surface area contributed by atoms with Gasteiger partial charge < -0.3 is 9.88 Å². The molecule has 0 bridgehead atoms. The first-order valence-corrected chi connectivity index (χ1v) is 9.64. The number of benzene rings is 1. The molecule has 0 saturated heterocycles. The maximum absolute atomic E-state index is 12.3. The molecule has 2 aromatic rings. The molecule has 2 aliphatic rings. The first kappa shape index (κ1) is 17.0. The van der Waals surface area contributed by atoms with E-state index in [2.05, 4.69) is 20.1 Å². The Morgan fingerprint density at radius 2 is 2.12 bits per heavy atom. The zero-order chi connectivity index (χ0) is 18.3. The predicted octanol–water partition coefficient (Wildman–Crippen LogP) is 3.44. The fourth-order valence-electron chi connectivity index (χ4n) is 2.90. The lowest BCUT2D eigenvalue weighted by Gasteiger charge is -2.09. The molecule has 1 aromatic heterocycles. The van der Waals surface area contributed by atoms with Gasteiger partial charge in [-0.05, 0) is 44.2 Å². The number of hydrogen-bond acceptors (Lipinski definition) is 6. The van der Waals surface area contributed by atoms with Gasteiger partial charge in [-0.3, -0.25) is 14.9 Å². The molecule has 1 aromatic carbocycles. The van der Waals surface area contributed by atoms with Crippen LogP contribution in [0.25, 0.3) is 0 Å². The fraction of sp³-hybridized carbons (Fsp3) is 0.471. The number of nitrogens with one attached hydrogen (secondary N) is 1. The lowest BCUT2D eigenvalue weighted by Crippen LogP contribution is -2.15. The van der Waals surface area contributed by atoms with Crippen molar-refractivity contribution < 1.29 is 9.72 Å². The van der Waals surface area contributed by atoms with Crippen molar-refractivity contribution in [2.24, 2.45) is 0 Å². The van der Waals surface area contributed by atoms with E-state index in [1.807, 2.05) is 0 Å². The Labute approximate surface area is 154 Å². The molecule has 0 unspecified atom stereocenters. The molecule has 2 saturated carbocycles. The molecule has 1 heterocycles. The first-order valence-electron chi connectivity index (χ1n) is 8.65. The number of rotatable bonds is 7. The summed E-state index contributed by atoms with van der Waals surface area (Å²) in [6, 6.07) is 5.22. The smallest absolute Gasteiger partial charge is 0.293 e. The molecular weight excluding hydrogens is 354 g/mol. The Hall–Kier alpha value is -2.42. The molecule has 8 nitrogen and oxygen atoms in total. The topological polar surface area (TPSA) is 103 Å². The monoisotopic (exact) mass is 373 g/mol. The molecule has 136 valence electrons. The van der Waals surface area contributed by atoms with E-state index in [9.17, 15) is 14.9 Å². The molecule has 26 heavy (non-hydrogen) atoms. The second-order valence-electron chi connectivity index (χ2n) is 6.83. The van der Waals surface area contributed by atoms with Gasteiger partial charge in [-0.1, -0.05) is 17.8 Å². The third kappa shape index (κ3) is 3.57. The number of nitrogens with zero attached hydrogens (tertiary/aromatic N) is 4. The van der Waals surface area contributed by atoms with Gasteiger partial charge in [0.15, 0.2) is 5.16 Å². The van der Waals surface area contributed by atoms with E-state index in [0.29, 0.717) is 12.0 Å². The normalized spacial score (nSPS) is 16.5. The van der Waals surface area contributed by atoms with Crippen molar-refractivity contribution in [1.82, 2.24) is 14.8 Å². The van der Waals surface area contributed by atoms with Crippen LogP contribution in [0.3, 0.4) is 0 Å². The largest absolute Gasteiger partial charge is 0.320 e. The van der Waals surface area contributed by atoms with E-state index < -0.39 is 4.92 Å². The highest BCUT2D eigenvalue weighted by molar-refractivity contribution is 7.99. The Balaban J connectivity index is 1.43. The summed E-state index contributed by atoms with van der Waals surface area (Å²) in [5.41, 5.74) is 0.892. The van der Waals surface area contributed by atoms with Crippen LogP contribution in [0, 0.1) is 17.0 Å². The van der Waals surface area contributed by atoms with Gasteiger partial charge in [-0.15, -0.1) is 10.2 Å². The van der Waals surface area contributed by atoms with Crippen LogP contribution < -0.4 is 5.32 Å². The lowest BCUT2D eigenvalue weighted by atomic mass is 10.2. The molecule has 9 heteroatoms. The molecule has 0 radical (unpaired) electrons. The van der Waals surface area contributed by atoms with Crippen molar-refractivity contribution in [3.63, 3.8) is 0 Å². The molecule has 2 fully saturated rings. The molecule has 1 N–H and O–H groups in total. The molecule has 0 atom stereocenters. The van der Waals surface area contributed by atoms with Gasteiger partial charge in [0.2, 0.25) is 5.91 Å². The zero-order valence-electron chi connectivity index (χ0n) is 14.3. The minimum atomic E-state index is -0.485. The summed E-state index contributed by atoms with van der Waals surface area (Å²) < 4.78 is 2.18. The SMILES string of the molecule is Cc1ccc(NC(=O)CSc2nnc(C3CC3)n2C2CC2)c([N+](=O)[O-])c1. The number of thioether (sulfide) groups is 1. The Morgan fingerprint density at radius 3 is 2.77 bits per heavy atom. The van der Waals surface area contributed by atoms with E-state index in [4.69, 9.17) is 0 Å². The highest BCUT2D eigenvalue weighted by Gasteiger charge is 2.36. The Morgan fingerprint density at radius 1 is 1.35 bits per heavy atom. The predicted molar refractivity (Wildman–Crippen MR) is 97.5 cm³/mol. The Kier molecular flexibility index (Phi) is 4.39. The number of hydrogen-bond donors (Lipinski definition) is 1. The van der Waals surface area contributed by atoms with E-state index in [1.54, 1.807) is 19.1 Å². The Bertz CT molecular complexity index is 873. The molecule has 1 amide bonds. The summed E-state index contributed by atoms with van der Waals surface area (Å²) in [5.74, 6) is 1.41. The first-order chi connectivity index (χ1) is 12.5. The quantitative estimate of drug-likeness (QED) is 0.453. The van der Waals surface area contributed by atoms with Crippen molar-refractivity contribution in [3.8, 4) is 0 Å². The summed E-state index contributed by atoms with van der Waals surface area (Å²) in [5, 5.41) is 23.1. The minimum absolute atomic E-state index is 0.0967. The summed E-state index contributed by atoms with van der Waals surface area (Å²) in [4.78, 5) is 23.0. The highest BCUT2D eigenvalue weighted by atomic mass is 32.2. The van der Waals surface area contributed by atoms with E-state index in [-0.39, 0.29) is 23.0 Å². The van der Waals surface area contributed by atoms with Gasteiger partial charge in [0, 0.05) is 18.0 Å². The van der Waals surface area contributed by atoms with Crippen molar-refractivity contribution >= 4 is 29.0 Å². The van der Waals surface area contributed by atoms with E-state index in [0.717, 1.165) is 42.2 Å². The lowest BCUT2D eigenvalue weighted by molar-refractivity contribution is -0.384. The van der Waals surface area contributed by atoms with Crippen LogP contribution in [0.1, 0.15) is 49.0 Å². The van der Waals surface area contributed by atoms with Crippen LogP contribution in [0.5, 0.6) is 0 Å². The summed E-state index contributed by atoms with van der Waals surface area (Å²) in [6.45, 7) is 1.77. The van der Waals surface area contributed by atoms with Crippen LogP contribution in [0.2, 0.25) is 0 Å². The number of aromatic nitrogens is 3. The number of anilines is 1. The van der Waals surface area contributed by atoms with Gasteiger partial charge in [0.05, 0.1) is 10.7 Å². The summed E-state index contributed by atoms with van der Waals surface area (Å²) in [7, 11) is 0. The van der Waals surface area contributed by atoms with Crippen LogP contribution in [-0.4, -0.2) is 31.3 Å². The summed E-state index contributed by atoms with van der Waals surface area (Å²) in [6.07, 6.45) is 4.58. The van der Waals surface area contributed by atoms with E-state index >= 15 is 0 Å². The maximum atomic E-state index is 12.3. The van der Waals surface area contributed by atoms with Crippen molar-refractivity contribution in [1.29, 1.82) is 0 Å². The number of carbonyl (C=O) groups is 1. The molecule has 4 rings (SSSR count). The molecular formula is C17H19N5O3S. The molecule has 0 aliphatic heterocycles. The number of nitro benzene ring substituents is 1. The minimum Gasteiger partial charge on any atom is -0.320 e. The van der Waals surface area contributed by atoms with E-state index in [1.165, 1.54) is 17.8 Å². The van der Waals surface area contributed by atoms with Gasteiger partial charge in [-0.2, -0.15) is 0 Å². The van der Waals surface area contributed by atoms with Crippen molar-refractivity contribution in [2.45, 2.75) is 49.7 Å². The van der Waals surface area contributed by atoms with Gasteiger partial charge in [0.1, 0.15) is 11.5 Å². The number of amides is 1. The van der Waals surface area contributed by atoms with Gasteiger partial charge >= 0.3 is 0 Å². The van der Waals surface area contributed by atoms with Crippen LogP contribution in [0.4, 0.5) is 11.4 Å². The maximum Gasteiger partial charge on any atom is 0.293 e. The van der Waals surface area contributed by atoms with Crippen LogP contribution in [-0.2, 0) is 4.79 Å². The number of carbonyl (C=O) groups excluding carboxylic acids is 1. The van der Waals surface area contributed by atoms with Crippen molar-refractivity contribution in [2.75, 3.05) is 11.1 Å². The zero-order valence-corrected chi connectivity index (χ0v) is 15.2. The second-order valence-corrected chi connectivity index (χ2v) is 7.77. The molecule has 2 aliphatic carbocycles. The molecule has 0 spiro atoms. The van der Waals surface area contributed by atoms with Gasteiger partial charge in [-0.25, -0.2) is 0 Å². The third-order valence-electron chi connectivity index (χ3n) is 4.50. The average molecular weight is 373 g/mol. The highest BCUT2D eigenvalue weighted by Crippen LogP contribution is 2.46. The van der Waals surface area contributed by atoms with Crippen LogP contribution in [0.15, 0.2) is 23.4 Å². The second kappa shape index (κ2) is 6.71. The van der Waals surface area contributed by atoms with Crippen molar-refractivity contribution in [3.05, 3.63) is 39.7 Å². The number of aryl methyl sites for hydroxylation is 1. The van der Waals surface area contributed by atoms with Crippen LogP contribution >= 0.6 is 11.8 Å². The van der Waals surface area contributed by atoms with Gasteiger partial charge in [0.25, 0.3) is 5.69 Å². The fourth-order valence-corrected chi connectivity index (χ4v) is 3.71. The standard InChI is InChI=1S/C17H19N5O3S/c1-10-2-7-13(14(8-10)22(24)25)18-15(23)9-26-17-20-19-16(11-3-4-11)21(17)12-5-6-12/h2,7-8,11-12H,3-6,9H2,1H3,(H,18,23). The number of nitro groups is 1.